The molecule has 7 heavy (non-hydrogen) atoms. The smallest absolute Gasteiger partial charge is 0.0590 e. The highest BCUT2D eigenvalue weighted by Gasteiger charge is 2.22. The maximum atomic E-state index is 8.50. The zero-order valence-corrected chi connectivity index (χ0v) is 5.33. The molecule has 3 heteroatoms. The lowest BCUT2D eigenvalue weighted by atomic mass is 10.1. The predicted octanol–water partition coefficient (Wildman–Crippen LogP) is -0.157. The Balaban J connectivity index is 2.16. The van der Waals surface area contributed by atoms with Crippen LogP contribution in [0.4, 0.5) is 0 Å². The first-order valence-electron chi connectivity index (χ1n) is 2.47. The van der Waals surface area contributed by atoms with Crippen molar-refractivity contribution in [2.24, 2.45) is 0 Å². The molecule has 0 saturated carbocycles. The minimum Gasteiger partial charge on any atom is -0.395 e. The summed E-state index contributed by atoms with van der Waals surface area (Å²) in [6.45, 7) is 1.43. The molecule has 0 radical (unpaired) electrons. The van der Waals surface area contributed by atoms with Gasteiger partial charge in [0.1, 0.15) is 0 Å². The van der Waals surface area contributed by atoms with Crippen LogP contribution in [-0.4, -0.2) is 29.0 Å². The van der Waals surface area contributed by atoms with Gasteiger partial charge in [-0.3, -0.25) is 4.67 Å². The van der Waals surface area contributed by atoms with Gasteiger partial charge < -0.3 is 5.11 Å². The van der Waals surface area contributed by atoms with Crippen LogP contribution in [0.15, 0.2) is 0 Å². The van der Waals surface area contributed by atoms with E-state index in [2.05, 4.69) is 14.1 Å². The van der Waals surface area contributed by atoms with Crippen LogP contribution in [0.5, 0.6) is 0 Å². The largest absolute Gasteiger partial charge is 0.395 e. The molecule has 0 aromatic carbocycles. The quantitative estimate of drug-likeness (QED) is 0.485. The summed E-state index contributed by atoms with van der Waals surface area (Å²) in [6.07, 6.45) is 1.15. The summed E-state index contributed by atoms with van der Waals surface area (Å²) in [5, 5.41) is 8.50. The van der Waals surface area contributed by atoms with Gasteiger partial charge in [-0.2, -0.15) is 0 Å². The van der Waals surface area contributed by atoms with Gasteiger partial charge in [0.05, 0.1) is 6.61 Å². The standard InChI is InChI=1S/C4H10NOP/c6-3-4-1-2-5(4)7/h4,6H,1-3,7H2/t4-/m1/s1. The summed E-state index contributed by atoms with van der Waals surface area (Å²) in [5.74, 6) is 0. The third-order valence-corrected chi connectivity index (χ3v) is 2.08. The third-order valence-electron chi connectivity index (χ3n) is 1.40. The van der Waals surface area contributed by atoms with E-state index in [-0.39, 0.29) is 0 Å². The van der Waals surface area contributed by atoms with Gasteiger partial charge in [0.15, 0.2) is 0 Å². The Hall–Kier alpha value is 0.350. The van der Waals surface area contributed by atoms with Gasteiger partial charge in [-0.15, -0.1) is 0 Å². The van der Waals surface area contributed by atoms with E-state index in [0.29, 0.717) is 12.6 Å². The number of hydrogen-bond donors (Lipinski definition) is 1. The number of aliphatic hydroxyl groups excluding tert-OH is 1. The highest BCUT2D eigenvalue weighted by molar-refractivity contribution is 7.13. The van der Waals surface area contributed by atoms with E-state index in [1.165, 1.54) is 0 Å². The van der Waals surface area contributed by atoms with E-state index >= 15 is 0 Å². The van der Waals surface area contributed by atoms with Crippen LogP contribution >= 0.6 is 9.39 Å². The van der Waals surface area contributed by atoms with Crippen LogP contribution in [-0.2, 0) is 0 Å². The molecular formula is C4H10NOP. The number of rotatable bonds is 1. The van der Waals surface area contributed by atoms with Crippen LogP contribution in [0.3, 0.4) is 0 Å². The van der Waals surface area contributed by atoms with Crippen LogP contribution < -0.4 is 0 Å². The fourth-order valence-corrected chi connectivity index (χ4v) is 1.05. The Kier molecular flexibility index (Phi) is 1.63. The van der Waals surface area contributed by atoms with Gasteiger partial charge in [0, 0.05) is 12.6 Å². The molecule has 0 amide bonds. The van der Waals surface area contributed by atoms with Crippen molar-refractivity contribution < 1.29 is 5.11 Å². The lowest BCUT2D eigenvalue weighted by Crippen LogP contribution is -2.42. The summed E-state index contributed by atoms with van der Waals surface area (Å²) in [7, 11) is 2.58. The normalized spacial score (nSPS) is 32.6. The lowest BCUT2D eigenvalue weighted by molar-refractivity contribution is 0.125. The van der Waals surface area contributed by atoms with Gasteiger partial charge in [0.25, 0.3) is 0 Å². The molecule has 1 fully saturated rings. The lowest BCUT2D eigenvalue weighted by Gasteiger charge is -2.35. The third kappa shape index (κ3) is 0.933. The van der Waals surface area contributed by atoms with Crippen molar-refractivity contribution in [2.75, 3.05) is 13.2 Å². The van der Waals surface area contributed by atoms with E-state index in [9.17, 15) is 0 Å². The maximum Gasteiger partial charge on any atom is 0.0590 e. The van der Waals surface area contributed by atoms with Crippen molar-refractivity contribution in [1.82, 2.24) is 4.67 Å². The van der Waals surface area contributed by atoms with Crippen molar-refractivity contribution in [2.45, 2.75) is 12.5 Å². The highest BCUT2D eigenvalue weighted by atomic mass is 31.0. The molecule has 0 aliphatic carbocycles. The minimum atomic E-state index is 0.309. The van der Waals surface area contributed by atoms with Crippen LogP contribution in [0, 0.1) is 0 Å². The second kappa shape index (κ2) is 2.08. The molecule has 0 aromatic heterocycles. The van der Waals surface area contributed by atoms with Crippen molar-refractivity contribution in [3.05, 3.63) is 0 Å². The van der Waals surface area contributed by atoms with Crippen molar-refractivity contribution >= 4 is 9.39 Å². The summed E-state index contributed by atoms with van der Waals surface area (Å²) in [6, 6.07) is 0.435. The zero-order valence-electron chi connectivity index (χ0n) is 4.17. The monoisotopic (exact) mass is 119 g/mol. The number of aliphatic hydroxyl groups is 1. The number of nitrogens with zero attached hydrogens (tertiary/aromatic N) is 1. The average molecular weight is 119 g/mol. The van der Waals surface area contributed by atoms with Crippen LogP contribution in [0.2, 0.25) is 0 Å². The second-order valence-electron chi connectivity index (χ2n) is 1.86. The van der Waals surface area contributed by atoms with Gasteiger partial charge in [0.2, 0.25) is 0 Å². The Morgan fingerprint density at radius 2 is 2.57 bits per heavy atom. The van der Waals surface area contributed by atoms with Gasteiger partial charge in [-0.1, -0.05) is 9.39 Å². The minimum absolute atomic E-state index is 0.309. The molecule has 2 atom stereocenters. The first-order chi connectivity index (χ1) is 3.34. The van der Waals surface area contributed by atoms with Crippen molar-refractivity contribution in [3.8, 4) is 0 Å². The van der Waals surface area contributed by atoms with E-state index in [4.69, 9.17) is 5.11 Å². The molecule has 42 valence electrons. The van der Waals surface area contributed by atoms with Gasteiger partial charge in [-0.05, 0) is 6.42 Å². The van der Waals surface area contributed by atoms with Crippen LogP contribution in [0.25, 0.3) is 0 Å². The molecule has 1 N–H and O–H groups in total. The zero-order chi connectivity index (χ0) is 5.28. The average Bonchev–Trinajstić information content (AvgIpc) is 1.65. The van der Waals surface area contributed by atoms with E-state index < -0.39 is 0 Å². The molecule has 2 nitrogen and oxygen atoms in total. The molecule has 1 rings (SSSR count). The predicted molar refractivity (Wildman–Crippen MR) is 31.9 cm³/mol. The maximum absolute atomic E-state index is 8.50. The Morgan fingerprint density at radius 1 is 1.86 bits per heavy atom. The molecule has 1 saturated heterocycles. The molecule has 1 aliphatic rings. The second-order valence-corrected chi connectivity index (χ2v) is 2.53. The highest BCUT2D eigenvalue weighted by Crippen LogP contribution is 2.19. The Labute approximate surface area is 45.8 Å². The molecular weight excluding hydrogens is 109 g/mol. The molecule has 1 unspecified atom stereocenters. The van der Waals surface area contributed by atoms with E-state index in [1.54, 1.807) is 0 Å². The fourth-order valence-electron chi connectivity index (χ4n) is 0.657. The fraction of sp³-hybridized carbons (Fsp3) is 1.00. The Morgan fingerprint density at radius 3 is 2.57 bits per heavy atom. The summed E-state index contributed by atoms with van der Waals surface area (Å²) >= 11 is 0. The van der Waals surface area contributed by atoms with Crippen LogP contribution in [0.1, 0.15) is 6.42 Å². The first kappa shape index (κ1) is 5.49. The number of hydrogen-bond acceptors (Lipinski definition) is 2. The molecule has 0 bridgehead atoms. The summed E-state index contributed by atoms with van der Waals surface area (Å²) in [5.41, 5.74) is 0. The van der Waals surface area contributed by atoms with Gasteiger partial charge >= 0.3 is 0 Å². The van der Waals surface area contributed by atoms with E-state index in [1.807, 2.05) is 0 Å². The first-order valence-corrected chi connectivity index (χ1v) is 2.98. The summed E-state index contributed by atoms with van der Waals surface area (Å²) in [4.78, 5) is 0. The Bertz CT molecular complexity index is 66.7. The molecule has 1 aliphatic heterocycles. The molecule has 0 aromatic rings. The van der Waals surface area contributed by atoms with Crippen molar-refractivity contribution in [1.29, 1.82) is 0 Å². The SMILES string of the molecule is OC[C@H]1CCN1P. The molecule has 0 spiro atoms. The molecule has 1 heterocycles. The summed E-state index contributed by atoms with van der Waals surface area (Å²) < 4.78 is 2.07. The van der Waals surface area contributed by atoms with Gasteiger partial charge in [-0.25, -0.2) is 0 Å². The van der Waals surface area contributed by atoms with E-state index in [0.717, 1.165) is 13.0 Å². The van der Waals surface area contributed by atoms with Crippen molar-refractivity contribution in [3.63, 3.8) is 0 Å². The topological polar surface area (TPSA) is 23.5 Å².